The van der Waals surface area contributed by atoms with E-state index in [-0.39, 0.29) is 24.6 Å². The number of rotatable bonds is 6. The summed E-state index contributed by atoms with van der Waals surface area (Å²) < 4.78 is 45.2. The van der Waals surface area contributed by atoms with Gasteiger partial charge in [-0.05, 0) is 24.3 Å². The van der Waals surface area contributed by atoms with Gasteiger partial charge in [0.15, 0.2) is 0 Å². The minimum atomic E-state index is -4.77. The van der Waals surface area contributed by atoms with E-state index in [1.54, 1.807) is 12.1 Å². The monoisotopic (exact) mass is 350 g/mol. The molecular formula is C14H14ClF3N2O3. The lowest BCUT2D eigenvalue weighted by atomic mass is 10.3. The van der Waals surface area contributed by atoms with Crippen molar-refractivity contribution in [3.63, 3.8) is 0 Å². The molecule has 1 aromatic heterocycles. The smallest absolute Gasteiger partial charge is 0.468 e. The number of benzene rings is 1. The van der Waals surface area contributed by atoms with E-state index in [1.807, 2.05) is 0 Å². The van der Waals surface area contributed by atoms with Gasteiger partial charge in [-0.25, -0.2) is 0 Å². The first-order valence-corrected chi connectivity index (χ1v) is 6.31. The molecule has 0 aliphatic carbocycles. The second-order valence-corrected chi connectivity index (χ2v) is 4.31. The van der Waals surface area contributed by atoms with Crippen LogP contribution < -0.4 is 15.4 Å². The van der Waals surface area contributed by atoms with E-state index in [2.05, 4.69) is 15.4 Å². The normalized spacial score (nSPS) is 10.7. The molecule has 1 amide bonds. The topological polar surface area (TPSA) is 63.5 Å². The number of carbonyl (C=O) groups excluding carboxylic acids is 1. The summed E-state index contributed by atoms with van der Waals surface area (Å²) in [5, 5.41) is 5.31. The van der Waals surface area contributed by atoms with Gasteiger partial charge in [0.2, 0.25) is 5.91 Å². The summed E-state index contributed by atoms with van der Waals surface area (Å²) >= 11 is 0. The number of carbonyl (C=O) groups is 1. The molecule has 126 valence electrons. The van der Waals surface area contributed by atoms with Crippen LogP contribution in [0.15, 0.2) is 47.1 Å². The maximum Gasteiger partial charge on any atom is 0.573 e. The molecule has 0 atom stereocenters. The SMILES string of the molecule is Cl.O=C(CNCc1ccco1)Nc1cccc(OC(F)(F)F)c1. The summed E-state index contributed by atoms with van der Waals surface area (Å²) in [6, 6.07) is 8.54. The van der Waals surface area contributed by atoms with Crippen LogP contribution >= 0.6 is 12.4 Å². The lowest BCUT2D eigenvalue weighted by Crippen LogP contribution is -2.27. The van der Waals surface area contributed by atoms with E-state index >= 15 is 0 Å². The van der Waals surface area contributed by atoms with Gasteiger partial charge in [0.05, 0.1) is 19.4 Å². The average molecular weight is 351 g/mol. The first kappa shape index (κ1) is 18.9. The van der Waals surface area contributed by atoms with Gasteiger partial charge < -0.3 is 19.8 Å². The summed E-state index contributed by atoms with van der Waals surface area (Å²) in [6.07, 6.45) is -3.25. The van der Waals surface area contributed by atoms with E-state index in [0.29, 0.717) is 12.3 Å². The Labute approximate surface area is 136 Å². The number of nitrogens with one attached hydrogen (secondary N) is 2. The molecule has 2 aromatic rings. The van der Waals surface area contributed by atoms with E-state index in [9.17, 15) is 18.0 Å². The quantitative estimate of drug-likeness (QED) is 0.839. The number of hydrogen-bond acceptors (Lipinski definition) is 4. The van der Waals surface area contributed by atoms with Crippen LogP contribution in [0.25, 0.3) is 0 Å². The molecule has 0 saturated heterocycles. The summed E-state index contributed by atoms with van der Waals surface area (Å²) in [6.45, 7) is 0.364. The Morgan fingerprint density at radius 1 is 1.22 bits per heavy atom. The zero-order valence-corrected chi connectivity index (χ0v) is 12.5. The van der Waals surface area contributed by atoms with Crippen LogP contribution in [0, 0.1) is 0 Å². The van der Waals surface area contributed by atoms with Gasteiger partial charge in [-0.1, -0.05) is 6.07 Å². The van der Waals surface area contributed by atoms with Crippen molar-refractivity contribution >= 4 is 24.0 Å². The van der Waals surface area contributed by atoms with Crippen LogP contribution in [0.2, 0.25) is 0 Å². The van der Waals surface area contributed by atoms with Crippen LogP contribution in [0.5, 0.6) is 5.75 Å². The molecule has 9 heteroatoms. The first-order valence-electron chi connectivity index (χ1n) is 6.31. The number of halogens is 4. The van der Waals surface area contributed by atoms with Crippen molar-refractivity contribution in [1.29, 1.82) is 0 Å². The Morgan fingerprint density at radius 2 is 2.00 bits per heavy atom. The predicted molar refractivity (Wildman–Crippen MR) is 79.4 cm³/mol. The van der Waals surface area contributed by atoms with Crippen molar-refractivity contribution in [2.45, 2.75) is 12.9 Å². The summed E-state index contributed by atoms with van der Waals surface area (Å²) in [7, 11) is 0. The third-order valence-corrected chi connectivity index (χ3v) is 2.52. The maximum absolute atomic E-state index is 12.1. The zero-order valence-electron chi connectivity index (χ0n) is 11.7. The maximum atomic E-state index is 12.1. The molecule has 0 spiro atoms. The molecule has 2 N–H and O–H groups in total. The van der Waals surface area contributed by atoms with Gasteiger partial charge in [0.25, 0.3) is 0 Å². The molecule has 0 radical (unpaired) electrons. The molecule has 0 unspecified atom stereocenters. The number of furan rings is 1. The number of anilines is 1. The molecule has 5 nitrogen and oxygen atoms in total. The van der Waals surface area contributed by atoms with Crippen molar-refractivity contribution in [1.82, 2.24) is 5.32 Å². The van der Waals surface area contributed by atoms with Crippen LogP contribution in [-0.2, 0) is 11.3 Å². The molecule has 23 heavy (non-hydrogen) atoms. The Bertz CT molecular complexity index is 618. The van der Waals surface area contributed by atoms with Crippen molar-refractivity contribution < 1.29 is 27.1 Å². The van der Waals surface area contributed by atoms with Gasteiger partial charge >= 0.3 is 6.36 Å². The highest BCUT2D eigenvalue weighted by atomic mass is 35.5. The summed E-state index contributed by atoms with van der Waals surface area (Å²) in [5.41, 5.74) is 0.214. The minimum absolute atomic E-state index is 0. The molecule has 0 aliphatic rings. The molecule has 0 bridgehead atoms. The van der Waals surface area contributed by atoms with Gasteiger partial charge in [0, 0.05) is 11.8 Å². The fourth-order valence-electron chi connectivity index (χ4n) is 1.69. The van der Waals surface area contributed by atoms with E-state index in [1.165, 1.54) is 18.4 Å². The third kappa shape index (κ3) is 7.07. The van der Waals surface area contributed by atoms with E-state index in [0.717, 1.165) is 12.1 Å². The predicted octanol–water partition coefficient (Wildman–Crippen LogP) is 3.33. The highest BCUT2D eigenvalue weighted by Gasteiger charge is 2.31. The largest absolute Gasteiger partial charge is 0.573 e. The van der Waals surface area contributed by atoms with Gasteiger partial charge in [-0.15, -0.1) is 25.6 Å². The standard InChI is InChI=1S/C14H13F3N2O3.ClH/c15-14(16,17)22-11-4-1-3-10(7-11)19-13(20)9-18-8-12-5-2-6-21-12;/h1-7,18H,8-9H2,(H,19,20);1H. The molecule has 1 heterocycles. The number of alkyl halides is 3. The number of hydrogen-bond donors (Lipinski definition) is 2. The van der Waals surface area contributed by atoms with Gasteiger partial charge in [-0.2, -0.15) is 0 Å². The van der Waals surface area contributed by atoms with E-state index in [4.69, 9.17) is 4.42 Å². The number of amides is 1. The zero-order chi connectivity index (χ0) is 16.0. The molecule has 0 saturated carbocycles. The first-order chi connectivity index (χ1) is 10.4. The lowest BCUT2D eigenvalue weighted by molar-refractivity contribution is -0.274. The Kier molecular flexibility index (Phi) is 6.92. The number of ether oxygens (including phenoxy) is 1. The second-order valence-electron chi connectivity index (χ2n) is 4.31. The molecule has 0 fully saturated rings. The second kappa shape index (κ2) is 8.44. The summed E-state index contributed by atoms with van der Waals surface area (Å²) in [4.78, 5) is 11.7. The van der Waals surface area contributed by atoms with Crippen molar-refractivity contribution in [2.24, 2.45) is 0 Å². The van der Waals surface area contributed by atoms with Crippen molar-refractivity contribution in [3.8, 4) is 5.75 Å². The average Bonchev–Trinajstić information content (AvgIpc) is 2.90. The van der Waals surface area contributed by atoms with E-state index < -0.39 is 18.0 Å². The molecule has 2 rings (SSSR count). The molecule has 0 aliphatic heterocycles. The highest BCUT2D eigenvalue weighted by Crippen LogP contribution is 2.24. The van der Waals surface area contributed by atoms with Crippen molar-refractivity contribution in [3.05, 3.63) is 48.4 Å². The summed E-state index contributed by atoms with van der Waals surface area (Å²) in [5.74, 6) is -0.113. The fourth-order valence-corrected chi connectivity index (χ4v) is 1.69. The molecule has 1 aromatic carbocycles. The van der Waals surface area contributed by atoms with Crippen molar-refractivity contribution in [2.75, 3.05) is 11.9 Å². The minimum Gasteiger partial charge on any atom is -0.468 e. The Hall–Kier alpha value is -2.19. The highest BCUT2D eigenvalue weighted by molar-refractivity contribution is 5.92. The van der Waals surface area contributed by atoms with Crippen LogP contribution in [0.3, 0.4) is 0 Å². The Balaban J connectivity index is 0.00000264. The lowest BCUT2D eigenvalue weighted by Gasteiger charge is -2.11. The van der Waals surface area contributed by atoms with Gasteiger partial charge in [-0.3, -0.25) is 4.79 Å². The molecular weight excluding hydrogens is 337 g/mol. The van der Waals surface area contributed by atoms with Crippen LogP contribution in [-0.4, -0.2) is 18.8 Å². The van der Waals surface area contributed by atoms with Crippen LogP contribution in [0.1, 0.15) is 5.76 Å². The fraction of sp³-hybridized carbons (Fsp3) is 0.214. The Morgan fingerprint density at radius 3 is 2.65 bits per heavy atom. The van der Waals surface area contributed by atoms with Crippen LogP contribution in [0.4, 0.5) is 18.9 Å². The third-order valence-electron chi connectivity index (χ3n) is 2.52. The van der Waals surface area contributed by atoms with Gasteiger partial charge in [0.1, 0.15) is 11.5 Å².